The highest BCUT2D eigenvalue weighted by Crippen LogP contribution is 2.37. The monoisotopic (exact) mass is 249 g/mol. The lowest BCUT2D eigenvalue weighted by atomic mass is 9.99. The van der Waals surface area contributed by atoms with Gasteiger partial charge in [0, 0.05) is 5.56 Å². The van der Waals surface area contributed by atoms with E-state index in [0.29, 0.717) is 0 Å². The van der Waals surface area contributed by atoms with E-state index in [1.165, 1.54) is 6.92 Å². The fourth-order valence-electron chi connectivity index (χ4n) is 1.38. The van der Waals surface area contributed by atoms with Crippen molar-refractivity contribution in [2.24, 2.45) is 5.73 Å². The smallest absolute Gasteiger partial charge is 0.407 e. The van der Waals surface area contributed by atoms with Gasteiger partial charge in [0.2, 0.25) is 0 Å². The fourth-order valence-corrected chi connectivity index (χ4v) is 1.38. The van der Waals surface area contributed by atoms with Crippen LogP contribution in [0.1, 0.15) is 27.5 Å². The number of halogens is 3. The Bertz CT molecular complexity index is 457. The summed E-state index contributed by atoms with van der Waals surface area (Å²) in [5, 5.41) is 18.2. The van der Waals surface area contributed by atoms with Gasteiger partial charge in [-0.1, -0.05) is 6.07 Å². The lowest BCUT2D eigenvalue weighted by molar-refractivity contribution is -0.149. The maximum Gasteiger partial charge on any atom is 0.407 e. The molecule has 0 aliphatic carbocycles. The van der Waals surface area contributed by atoms with Crippen LogP contribution in [-0.4, -0.2) is 22.4 Å². The fraction of sp³-hybridized carbons (Fsp3) is 0.300. The number of carboxylic acid groups (broad SMARTS) is 1. The molecule has 17 heavy (non-hydrogen) atoms. The average molecular weight is 249 g/mol. The Morgan fingerprint density at radius 2 is 1.94 bits per heavy atom. The Morgan fingerprint density at radius 3 is 2.35 bits per heavy atom. The van der Waals surface area contributed by atoms with Crippen molar-refractivity contribution < 1.29 is 28.2 Å². The number of aromatic carboxylic acids is 1. The van der Waals surface area contributed by atoms with E-state index in [2.05, 4.69) is 0 Å². The van der Waals surface area contributed by atoms with Gasteiger partial charge >= 0.3 is 12.1 Å². The van der Waals surface area contributed by atoms with Crippen LogP contribution >= 0.6 is 0 Å². The van der Waals surface area contributed by atoms with E-state index in [0.717, 1.165) is 12.1 Å². The van der Waals surface area contributed by atoms with Crippen LogP contribution in [-0.2, 0) is 0 Å². The second-order valence-electron chi connectivity index (χ2n) is 3.57. The van der Waals surface area contributed by atoms with Crippen LogP contribution in [0, 0.1) is 6.92 Å². The second kappa shape index (κ2) is 4.25. The minimum atomic E-state index is -4.75. The lowest BCUT2D eigenvalue weighted by Gasteiger charge is -2.18. The maximum absolute atomic E-state index is 12.4. The molecule has 0 bridgehead atoms. The molecule has 7 heteroatoms. The Labute approximate surface area is 94.5 Å². The largest absolute Gasteiger partial charge is 0.507 e. The molecule has 0 heterocycles. The number of rotatable bonds is 2. The molecule has 0 unspecified atom stereocenters. The predicted octanol–water partition coefficient (Wildman–Crippen LogP) is 1.96. The van der Waals surface area contributed by atoms with Crippen LogP contribution in [0.2, 0.25) is 0 Å². The van der Waals surface area contributed by atoms with Crippen molar-refractivity contribution in [3.8, 4) is 5.75 Å². The van der Waals surface area contributed by atoms with Crippen LogP contribution < -0.4 is 5.73 Å². The van der Waals surface area contributed by atoms with Gasteiger partial charge in [-0.25, -0.2) is 4.79 Å². The summed E-state index contributed by atoms with van der Waals surface area (Å²) in [5.41, 5.74) is 3.96. The molecule has 1 atom stereocenters. The maximum atomic E-state index is 12.4. The number of carbonyl (C=O) groups is 1. The first kappa shape index (κ1) is 13.3. The quantitative estimate of drug-likeness (QED) is 0.748. The van der Waals surface area contributed by atoms with Crippen LogP contribution in [0.4, 0.5) is 13.2 Å². The Hall–Kier alpha value is -1.76. The Balaban J connectivity index is 3.40. The van der Waals surface area contributed by atoms with Crippen molar-refractivity contribution in [2.45, 2.75) is 19.1 Å². The van der Waals surface area contributed by atoms with Gasteiger partial charge in [-0.2, -0.15) is 13.2 Å². The van der Waals surface area contributed by atoms with E-state index < -0.39 is 35.1 Å². The molecule has 0 aromatic heterocycles. The van der Waals surface area contributed by atoms with Crippen molar-refractivity contribution in [1.29, 1.82) is 0 Å². The van der Waals surface area contributed by atoms with Gasteiger partial charge in [0.05, 0.1) is 0 Å². The first-order valence-electron chi connectivity index (χ1n) is 4.53. The number of phenols is 1. The summed E-state index contributed by atoms with van der Waals surface area (Å²) in [5.74, 6) is -2.46. The molecule has 0 spiro atoms. The number of carboxylic acids is 1. The summed E-state index contributed by atoms with van der Waals surface area (Å²) in [4.78, 5) is 10.7. The van der Waals surface area contributed by atoms with Gasteiger partial charge < -0.3 is 15.9 Å². The van der Waals surface area contributed by atoms with E-state index in [9.17, 15) is 23.1 Å². The molecule has 1 rings (SSSR count). The third kappa shape index (κ3) is 2.68. The molecule has 0 amide bonds. The molecular weight excluding hydrogens is 239 g/mol. The SMILES string of the molecule is Cc1cc(C(=O)O)c(O)c([C@H](N)C(F)(F)F)c1. The van der Waals surface area contributed by atoms with Gasteiger partial charge in [0.1, 0.15) is 17.4 Å². The van der Waals surface area contributed by atoms with Crippen LogP contribution in [0.5, 0.6) is 5.75 Å². The minimum absolute atomic E-state index is 0.273. The number of nitrogens with two attached hydrogens (primary N) is 1. The van der Waals surface area contributed by atoms with E-state index in [1.54, 1.807) is 0 Å². The van der Waals surface area contributed by atoms with Crippen LogP contribution in [0.25, 0.3) is 0 Å². The topological polar surface area (TPSA) is 83.5 Å². The summed E-state index contributed by atoms with van der Waals surface area (Å²) in [6, 6.07) is -0.329. The first-order chi connectivity index (χ1) is 7.64. The molecule has 0 aliphatic rings. The van der Waals surface area contributed by atoms with Crippen molar-refractivity contribution in [1.82, 2.24) is 0 Å². The lowest BCUT2D eigenvalue weighted by Crippen LogP contribution is -2.28. The summed E-state index contributed by atoms with van der Waals surface area (Å²) >= 11 is 0. The highest BCUT2D eigenvalue weighted by atomic mass is 19.4. The number of alkyl halides is 3. The normalized spacial score (nSPS) is 13.5. The number of benzene rings is 1. The molecule has 4 nitrogen and oxygen atoms in total. The molecule has 0 aliphatic heterocycles. The average Bonchev–Trinajstić information content (AvgIpc) is 2.18. The number of hydrogen-bond acceptors (Lipinski definition) is 3. The van der Waals surface area contributed by atoms with E-state index in [4.69, 9.17) is 10.8 Å². The molecule has 0 saturated carbocycles. The molecule has 1 aromatic rings. The first-order valence-corrected chi connectivity index (χ1v) is 4.53. The van der Waals surface area contributed by atoms with Crippen LogP contribution in [0.15, 0.2) is 12.1 Å². The summed E-state index contributed by atoms with van der Waals surface area (Å²) in [6.45, 7) is 1.42. The molecule has 0 saturated heterocycles. The zero-order valence-corrected chi connectivity index (χ0v) is 8.75. The van der Waals surface area contributed by atoms with Crippen LogP contribution in [0.3, 0.4) is 0 Å². The molecule has 0 radical (unpaired) electrons. The standard InChI is InChI=1S/C10H10F3NO3/c1-4-2-5(8(14)10(11,12)13)7(15)6(3-4)9(16)17/h2-3,8,15H,14H2,1H3,(H,16,17)/t8-/m0/s1. The summed E-state index contributed by atoms with van der Waals surface area (Å²) < 4.78 is 37.2. The van der Waals surface area contributed by atoms with Gasteiger partial charge in [-0.3, -0.25) is 0 Å². The highest BCUT2D eigenvalue weighted by molar-refractivity contribution is 5.91. The van der Waals surface area contributed by atoms with Crippen molar-refractivity contribution >= 4 is 5.97 Å². The third-order valence-corrected chi connectivity index (χ3v) is 2.20. The van der Waals surface area contributed by atoms with Gasteiger partial charge in [0.15, 0.2) is 0 Å². The zero-order chi connectivity index (χ0) is 13.4. The highest BCUT2D eigenvalue weighted by Gasteiger charge is 2.40. The molecular formula is C10H10F3NO3. The second-order valence-corrected chi connectivity index (χ2v) is 3.57. The number of aromatic hydroxyl groups is 1. The van der Waals surface area contributed by atoms with Crippen molar-refractivity contribution in [3.63, 3.8) is 0 Å². The van der Waals surface area contributed by atoms with E-state index >= 15 is 0 Å². The predicted molar refractivity (Wildman–Crippen MR) is 52.8 cm³/mol. The Morgan fingerprint density at radius 1 is 1.41 bits per heavy atom. The summed E-state index contributed by atoms with van der Waals surface area (Å²) in [7, 11) is 0. The van der Waals surface area contributed by atoms with Crippen molar-refractivity contribution in [3.05, 3.63) is 28.8 Å². The number of hydrogen-bond donors (Lipinski definition) is 3. The molecule has 0 fully saturated rings. The molecule has 4 N–H and O–H groups in total. The van der Waals surface area contributed by atoms with E-state index in [1.807, 2.05) is 0 Å². The van der Waals surface area contributed by atoms with Gasteiger partial charge in [0.25, 0.3) is 0 Å². The third-order valence-electron chi connectivity index (χ3n) is 2.20. The number of aryl methyl sites for hydroxylation is 1. The Kier molecular flexibility index (Phi) is 3.33. The zero-order valence-electron chi connectivity index (χ0n) is 8.75. The van der Waals surface area contributed by atoms with Gasteiger partial charge in [-0.15, -0.1) is 0 Å². The van der Waals surface area contributed by atoms with Gasteiger partial charge in [-0.05, 0) is 18.6 Å². The van der Waals surface area contributed by atoms with E-state index in [-0.39, 0.29) is 5.56 Å². The minimum Gasteiger partial charge on any atom is -0.507 e. The molecule has 94 valence electrons. The molecule has 1 aromatic carbocycles. The summed E-state index contributed by atoms with van der Waals surface area (Å²) in [6.07, 6.45) is -4.75. The van der Waals surface area contributed by atoms with Crippen molar-refractivity contribution in [2.75, 3.05) is 0 Å².